The highest BCUT2D eigenvalue weighted by atomic mass is 16.5. The number of benzene rings is 2. The molecule has 0 unspecified atom stereocenters. The fourth-order valence-corrected chi connectivity index (χ4v) is 1.80. The molecule has 2 rings (SSSR count). The summed E-state index contributed by atoms with van der Waals surface area (Å²) in [5, 5.41) is 3.17. The Hall–Kier alpha value is -3.01. The van der Waals surface area contributed by atoms with Crippen LogP contribution in [0.25, 0.3) is 0 Å². The molecule has 0 aliphatic rings. The molecule has 118 valence electrons. The van der Waals surface area contributed by atoms with Gasteiger partial charge >= 0.3 is 0 Å². The van der Waals surface area contributed by atoms with Gasteiger partial charge in [-0.15, -0.1) is 0 Å². The Bertz CT molecular complexity index is 672. The van der Waals surface area contributed by atoms with E-state index in [9.17, 15) is 0 Å². The minimum atomic E-state index is 0.826. The third-order valence-electron chi connectivity index (χ3n) is 3.04. The Morgan fingerprint density at radius 2 is 1.39 bits per heavy atom. The predicted octanol–water partition coefficient (Wildman–Crippen LogP) is 4.59. The zero-order chi connectivity index (χ0) is 16.3. The van der Waals surface area contributed by atoms with Gasteiger partial charge in [0.05, 0.1) is 19.9 Å². The van der Waals surface area contributed by atoms with Crippen molar-refractivity contribution in [1.82, 2.24) is 0 Å². The molecule has 0 atom stereocenters. The van der Waals surface area contributed by atoms with Gasteiger partial charge in [0, 0.05) is 18.1 Å². The van der Waals surface area contributed by atoms with Gasteiger partial charge in [-0.05, 0) is 60.7 Å². The van der Waals surface area contributed by atoms with Crippen molar-refractivity contribution in [2.24, 2.45) is 4.99 Å². The first-order valence-corrected chi connectivity index (χ1v) is 7.22. The molecule has 0 aliphatic heterocycles. The van der Waals surface area contributed by atoms with Crippen molar-refractivity contribution in [3.05, 3.63) is 73.0 Å². The molecule has 0 aliphatic carbocycles. The van der Waals surface area contributed by atoms with Gasteiger partial charge in [0.2, 0.25) is 0 Å². The third-order valence-corrected chi connectivity index (χ3v) is 3.04. The number of aliphatic imine (C=N–C) groups is 1. The van der Waals surface area contributed by atoms with E-state index in [1.165, 1.54) is 0 Å². The van der Waals surface area contributed by atoms with Crippen molar-refractivity contribution in [1.29, 1.82) is 0 Å². The number of hydrogen-bond acceptors (Lipinski definition) is 4. The van der Waals surface area contributed by atoms with Crippen molar-refractivity contribution in [2.75, 3.05) is 19.5 Å². The standard InChI is InChI=1S/C19H20N2O2/c1-22-18-10-6-16(7-11-18)20-14-4-3-5-15-21-17-8-12-19(23-2)13-9-17/h3-15,20H,1-2H3. The summed E-state index contributed by atoms with van der Waals surface area (Å²) in [5.74, 6) is 1.67. The van der Waals surface area contributed by atoms with Crippen molar-refractivity contribution < 1.29 is 9.47 Å². The van der Waals surface area contributed by atoms with E-state index in [1.54, 1.807) is 20.4 Å². The van der Waals surface area contributed by atoms with Crippen LogP contribution in [0.4, 0.5) is 11.4 Å². The maximum atomic E-state index is 5.11. The van der Waals surface area contributed by atoms with Crippen LogP contribution < -0.4 is 14.8 Å². The first-order valence-electron chi connectivity index (χ1n) is 7.22. The number of nitrogens with one attached hydrogen (secondary N) is 1. The highest BCUT2D eigenvalue weighted by Gasteiger charge is 1.90. The second-order valence-corrected chi connectivity index (χ2v) is 4.59. The number of anilines is 1. The first kappa shape index (κ1) is 16.4. The molecule has 0 radical (unpaired) electrons. The molecule has 4 nitrogen and oxygen atoms in total. The number of hydrogen-bond donors (Lipinski definition) is 1. The zero-order valence-corrected chi connectivity index (χ0v) is 13.3. The van der Waals surface area contributed by atoms with Crippen LogP contribution in [0.5, 0.6) is 11.5 Å². The van der Waals surface area contributed by atoms with Gasteiger partial charge < -0.3 is 14.8 Å². The average molecular weight is 308 g/mol. The Balaban J connectivity index is 1.77. The Labute approximate surface area is 136 Å². The van der Waals surface area contributed by atoms with Crippen LogP contribution in [-0.2, 0) is 0 Å². The summed E-state index contributed by atoms with van der Waals surface area (Å²) >= 11 is 0. The molecule has 4 heteroatoms. The molecule has 1 N–H and O–H groups in total. The summed E-state index contributed by atoms with van der Waals surface area (Å²) in [6.07, 6.45) is 9.29. The smallest absolute Gasteiger partial charge is 0.119 e. The van der Waals surface area contributed by atoms with Crippen LogP contribution in [0, 0.1) is 0 Å². The van der Waals surface area contributed by atoms with E-state index < -0.39 is 0 Å². The topological polar surface area (TPSA) is 42.8 Å². The lowest BCUT2D eigenvalue weighted by Crippen LogP contribution is -1.87. The number of allylic oxidation sites excluding steroid dienone is 3. The molecule has 2 aromatic carbocycles. The SMILES string of the molecule is COc1ccc(N=CC=CC=CNc2ccc(OC)cc2)cc1. The number of rotatable bonds is 7. The van der Waals surface area contributed by atoms with Gasteiger partial charge in [0.1, 0.15) is 11.5 Å². The maximum Gasteiger partial charge on any atom is 0.119 e. The molecule has 0 spiro atoms. The third kappa shape index (κ3) is 5.71. The molecule has 0 heterocycles. The molecule has 23 heavy (non-hydrogen) atoms. The van der Waals surface area contributed by atoms with Crippen molar-refractivity contribution in [3.8, 4) is 11.5 Å². The summed E-state index contributed by atoms with van der Waals surface area (Å²) in [6, 6.07) is 15.3. The van der Waals surface area contributed by atoms with Gasteiger partial charge in [0.25, 0.3) is 0 Å². The highest BCUT2D eigenvalue weighted by molar-refractivity contribution is 5.74. The highest BCUT2D eigenvalue weighted by Crippen LogP contribution is 2.17. The lowest BCUT2D eigenvalue weighted by atomic mass is 10.3. The number of nitrogens with zero attached hydrogens (tertiary/aromatic N) is 1. The van der Waals surface area contributed by atoms with E-state index in [-0.39, 0.29) is 0 Å². The van der Waals surface area contributed by atoms with E-state index >= 15 is 0 Å². The summed E-state index contributed by atoms with van der Waals surface area (Å²) in [7, 11) is 3.30. The maximum absolute atomic E-state index is 5.11. The summed E-state index contributed by atoms with van der Waals surface area (Å²) < 4.78 is 10.2. The second-order valence-electron chi connectivity index (χ2n) is 4.59. The predicted molar refractivity (Wildman–Crippen MR) is 96.0 cm³/mol. The minimum absolute atomic E-state index is 0.826. The van der Waals surface area contributed by atoms with Crippen molar-refractivity contribution >= 4 is 17.6 Å². The number of methoxy groups -OCH3 is 2. The van der Waals surface area contributed by atoms with Crippen molar-refractivity contribution in [2.45, 2.75) is 0 Å². The van der Waals surface area contributed by atoms with Crippen LogP contribution in [0.3, 0.4) is 0 Å². The largest absolute Gasteiger partial charge is 0.497 e. The fourth-order valence-electron chi connectivity index (χ4n) is 1.80. The van der Waals surface area contributed by atoms with Gasteiger partial charge in [-0.3, -0.25) is 4.99 Å². The monoisotopic (exact) mass is 308 g/mol. The van der Waals surface area contributed by atoms with E-state index in [4.69, 9.17) is 9.47 Å². The van der Waals surface area contributed by atoms with Crippen LogP contribution in [0.1, 0.15) is 0 Å². The fraction of sp³-hybridized carbons (Fsp3) is 0.105. The summed E-state index contributed by atoms with van der Waals surface area (Å²) in [4.78, 5) is 4.32. The van der Waals surface area contributed by atoms with Crippen molar-refractivity contribution in [3.63, 3.8) is 0 Å². The second kappa shape index (κ2) is 9.10. The molecule has 2 aromatic rings. The van der Waals surface area contributed by atoms with E-state index in [0.717, 1.165) is 22.9 Å². The van der Waals surface area contributed by atoms with Gasteiger partial charge in [0.15, 0.2) is 0 Å². The lowest BCUT2D eigenvalue weighted by Gasteiger charge is -2.02. The molecule has 0 saturated carbocycles. The van der Waals surface area contributed by atoms with Gasteiger partial charge in [-0.2, -0.15) is 0 Å². The van der Waals surface area contributed by atoms with E-state index in [1.807, 2.05) is 73.0 Å². The molecule has 0 fully saturated rings. The van der Waals surface area contributed by atoms with Crippen LogP contribution in [0.2, 0.25) is 0 Å². The molecule has 0 bridgehead atoms. The molecule has 0 amide bonds. The van der Waals surface area contributed by atoms with Crippen LogP contribution in [0.15, 0.2) is 78.0 Å². The summed E-state index contributed by atoms with van der Waals surface area (Å²) in [5.41, 5.74) is 1.89. The zero-order valence-electron chi connectivity index (χ0n) is 13.3. The Morgan fingerprint density at radius 3 is 2.00 bits per heavy atom. The Kier molecular flexibility index (Phi) is 6.47. The molecular formula is C19H20N2O2. The van der Waals surface area contributed by atoms with Gasteiger partial charge in [-0.25, -0.2) is 0 Å². The van der Waals surface area contributed by atoms with Gasteiger partial charge in [-0.1, -0.05) is 6.08 Å². The summed E-state index contributed by atoms with van der Waals surface area (Å²) in [6.45, 7) is 0. The normalized spacial score (nSPS) is 11.4. The quantitative estimate of drug-likeness (QED) is 0.601. The van der Waals surface area contributed by atoms with E-state index in [0.29, 0.717) is 0 Å². The molecular weight excluding hydrogens is 288 g/mol. The average Bonchev–Trinajstić information content (AvgIpc) is 2.62. The molecule has 0 aromatic heterocycles. The molecule has 0 saturated heterocycles. The van der Waals surface area contributed by atoms with E-state index in [2.05, 4.69) is 10.3 Å². The lowest BCUT2D eigenvalue weighted by molar-refractivity contribution is 0.415. The van der Waals surface area contributed by atoms with Crippen LogP contribution in [-0.4, -0.2) is 20.4 Å². The minimum Gasteiger partial charge on any atom is -0.497 e. The number of ether oxygens (including phenoxy) is 2. The van der Waals surface area contributed by atoms with Crippen LogP contribution >= 0.6 is 0 Å². The first-order chi connectivity index (χ1) is 11.3. The Morgan fingerprint density at radius 1 is 0.783 bits per heavy atom.